The third kappa shape index (κ3) is 9.65. The summed E-state index contributed by atoms with van der Waals surface area (Å²) in [6, 6.07) is 12.3. The molecule has 3 nitrogen and oxygen atoms in total. The summed E-state index contributed by atoms with van der Waals surface area (Å²) in [5.41, 5.74) is 2.24. The smallest absolute Gasteiger partial charge is 0.213 e. The minimum absolute atomic E-state index is 0.581. The summed E-state index contributed by atoms with van der Waals surface area (Å²) in [5, 5.41) is 0. The first-order chi connectivity index (χ1) is 14.7. The molecule has 30 heavy (non-hydrogen) atoms. The Labute approximate surface area is 184 Å². The third-order valence-electron chi connectivity index (χ3n) is 5.65. The zero-order chi connectivity index (χ0) is 21.4. The quantitative estimate of drug-likeness (QED) is 0.262. The Balaban J connectivity index is 1.64. The molecule has 0 aliphatic heterocycles. The first-order valence-corrected chi connectivity index (χ1v) is 12.0. The van der Waals surface area contributed by atoms with Gasteiger partial charge in [0.15, 0.2) is 0 Å². The zero-order valence-electron chi connectivity index (χ0n) is 19.4. The molecular weight excluding hydrogens is 370 g/mol. The van der Waals surface area contributed by atoms with E-state index in [4.69, 9.17) is 9.47 Å². The lowest BCUT2D eigenvalue weighted by atomic mass is 10.1. The van der Waals surface area contributed by atoms with E-state index in [2.05, 4.69) is 44.0 Å². The van der Waals surface area contributed by atoms with Crippen LogP contribution in [0.15, 0.2) is 42.6 Å². The van der Waals surface area contributed by atoms with Crippen LogP contribution in [-0.4, -0.2) is 18.2 Å². The average molecular weight is 412 g/mol. The molecule has 1 aromatic carbocycles. The predicted octanol–water partition coefficient (Wildman–Crippen LogP) is 8.08. The van der Waals surface area contributed by atoms with Gasteiger partial charge in [0.1, 0.15) is 5.75 Å². The number of nitrogens with zero attached hydrogens (tertiary/aromatic N) is 1. The maximum Gasteiger partial charge on any atom is 0.213 e. The Morgan fingerprint density at radius 1 is 0.733 bits per heavy atom. The van der Waals surface area contributed by atoms with Crippen LogP contribution in [-0.2, 0) is 0 Å². The summed E-state index contributed by atoms with van der Waals surface area (Å²) < 4.78 is 11.6. The molecule has 0 N–H and O–H groups in total. The summed E-state index contributed by atoms with van der Waals surface area (Å²) in [7, 11) is 0. The molecule has 0 radical (unpaired) electrons. The highest BCUT2D eigenvalue weighted by Gasteiger charge is 2.03. The van der Waals surface area contributed by atoms with Crippen molar-refractivity contribution in [2.24, 2.45) is 5.92 Å². The number of hydrogen-bond donors (Lipinski definition) is 0. The second kappa shape index (κ2) is 14.9. The van der Waals surface area contributed by atoms with Crippen molar-refractivity contribution in [1.29, 1.82) is 0 Å². The van der Waals surface area contributed by atoms with E-state index >= 15 is 0 Å². The van der Waals surface area contributed by atoms with E-state index in [1.807, 2.05) is 24.4 Å². The number of hydrogen-bond acceptors (Lipinski definition) is 3. The lowest BCUT2D eigenvalue weighted by Gasteiger charge is -2.11. The van der Waals surface area contributed by atoms with E-state index in [-0.39, 0.29) is 0 Å². The number of unbranched alkanes of at least 4 members (excludes halogenated alkanes) is 8. The van der Waals surface area contributed by atoms with E-state index in [0.29, 0.717) is 11.8 Å². The maximum absolute atomic E-state index is 5.83. The highest BCUT2D eigenvalue weighted by Crippen LogP contribution is 2.23. The molecule has 1 aromatic heterocycles. The van der Waals surface area contributed by atoms with Gasteiger partial charge in [-0.25, -0.2) is 4.98 Å². The minimum atomic E-state index is 0.581. The van der Waals surface area contributed by atoms with Gasteiger partial charge < -0.3 is 9.47 Å². The number of ether oxygens (including phenoxy) is 2. The Kier molecular flexibility index (Phi) is 12.0. The molecule has 3 heteroatoms. The fourth-order valence-electron chi connectivity index (χ4n) is 3.33. The molecular formula is C27H41NO2. The predicted molar refractivity (Wildman–Crippen MR) is 127 cm³/mol. The molecule has 2 aromatic rings. The monoisotopic (exact) mass is 411 g/mol. The summed E-state index contributed by atoms with van der Waals surface area (Å²) in [6.45, 7) is 8.19. The van der Waals surface area contributed by atoms with Gasteiger partial charge in [0.25, 0.3) is 0 Å². The standard InChI is InChI=1S/C27H41NO2/c1-4-6-7-8-9-10-11-12-13-20-29-27-19-16-25(21-28-27)24-14-17-26(18-15-24)30-22-23(3)5-2/h14-19,21,23H,4-13,20,22H2,1-3H3/t23-/m0/s1. The minimum Gasteiger partial charge on any atom is -0.493 e. The molecule has 0 aliphatic rings. The highest BCUT2D eigenvalue weighted by molar-refractivity contribution is 5.63. The molecule has 0 amide bonds. The molecule has 0 bridgehead atoms. The van der Waals surface area contributed by atoms with Crippen LogP contribution in [0.4, 0.5) is 0 Å². The highest BCUT2D eigenvalue weighted by atomic mass is 16.5. The molecule has 0 fully saturated rings. The largest absolute Gasteiger partial charge is 0.493 e. The molecule has 1 atom stereocenters. The van der Waals surface area contributed by atoms with Crippen molar-refractivity contribution in [3.05, 3.63) is 42.6 Å². The Morgan fingerprint density at radius 2 is 1.37 bits per heavy atom. The van der Waals surface area contributed by atoms with Crippen LogP contribution < -0.4 is 9.47 Å². The van der Waals surface area contributed by atoms with E-state index in [1.165, 1.54) is 51.4 Å². The van der Waals surface area contributed by atoms with Crippen LogP contribution in [0.5, 0.6) is 11.6 Å². The van der Waals surface area contributed by atoms with Crippen molar-refractivity contribution >= 4 is 0 Å². The van der Waals surface area contributed by atoms with Gasteiger partial charge in [-0.3, -0.25) is 0 Å². The van der Waals surface area contributed by atoms with Crippen LogP contribution in [0.1, 0.15) is 85.0 Å². The van der Waals surface area contributed by atoms with Crippen molar-refractivity contribution in [2.75, 3.05) is 13.2 Å². The number of pyridine rings is 1. The first kappa shape index (κ1) is 24.2. The fraction of sp³-hybridized carbons (Fsp3) is 0.593. The second-order valence-corrected chi connectivity index (χ2v) is 8.41. The van der Waals surface area contributed by atoms with Crippen LogP contribution >= 0.6 is 0 Å². The summed E-state index contributed by atoms with van der Waals surface area (Å²) in [4.78, 5) is 4.47. The lowest BCUT2D eigenvalue weighted by molar-refractivity contribution is 0.256. The summed E-state index contributed by atoms with van der Waals surface area (Å²) >= 11 is 0. The lowest BCUT2D eigenvalue weighted by Crippen LogP contribution is -2.06. The zero-order valence-corrected chi connectivity index (χ0v) is 19.4. The summed E-state index contributed by atoms with van der Waals surface area (Å²) in [5.74, 6) is 2.22. The molecule has 0 saturated heterocycles. The van der Waals surface area contributed by atoms with Gasteiger partial charge >= 0.3 is 0 Å². The van der Waals surface area contributed by atoms with Gasteiger partial charge in [-0.2, -0.15) is 0 Å². The van der Waals surface area contributed by atoms with E-state index in [9.17, 15) is 0 Å². The maximum atomic E-state index is 5.83. The van der Waals surface area contributed by atoms with Crippen molar-refractivity contribution in [3.8, 4) is 22.8 Å². The normalized spacial score (nSPS) is 12.0. The first-order valence-electron chi connectivity index (χ1n) is 12.0. The van der Waals surface area contributed by atoms with Crippen molar-refractivity contribution in [3.63, 3.8) is 0 Å². The van der Waals surface area contributed by atoms with Gasteiger partial charge in [-0.15, -0.1) is 0 Å². The Hall–Kier alpha value is -2.03. The van der Waals surface area contributed by atoms with Gasteiger partial charge in [0.05, 0.1) is 13.2 Å². The molecule has 2 rings (SSSR count). The van der Waals surface area contributed by atoms with E-state index in [1.54, 1.807) is 0 Å². The number of rotatable bonds is 16. The molecule has 166 valence electrons. The Bertz CT molecular complexity index is 666. The van der Waals surface area contributed by atoms with Crippen molar-refractivity contribution in [1.82, 2.24) is 4.98 Å². The molecule has 0 unspecified atom stereocenters. The third-order valence-corrected chi connectivity index (χ3v) is 5.65. The summed E-state index contributed by atoms with van der Waals surface area (Å²) in [6.07, 6.45) is 15.0. The topological polar surface area (TPSA) is 31.4 Å². The molecule has 1 heterocycles. The van der Waals surface area contributed by atoms with Gasteiger partial charge in [-0.05, 0) is 36.1 Å². The molecule has 0 saturated carbocycles. The second-order valence-electron chi connectivity index (χ2n) is 8.41. The SMILES string of the molecule is CCCCCCCCCCCOc1ccc(-c2ccc(OC[C@@H](C)CC)cc2)cn1. The molecule has 0 spiro atoms. The average Bonchev–Trinajstić information content (AvgIpc) is 2.79. The number of aromatic nitrogens is 1. The number of benzene rings is 1. The van der Waals surface area contributed by atoms with E-state index < -0.39 is 0 Å². The van der Waals surface area contributed by atoms with Crippen molar-refractivity contribution in [2.45, 2.75) is 85.0 Å². The fourth-order valence-corrected chi connectivity index (χ4v) is 3.33. The van der Waals surface area contributed by atoms with Crippen LogP contribution in [0.3, 0.4) is 0 Å². The molecule has 0 aliphatic carbocycles. The van der Waals surface area contributed by atoms with Crippen LogP contribution in [0.2, 0.25) is 0 Å². The van der Waals surface area contributed by atoms with Gasteiger partial charge in [0.2, 0.25) is 5.88 Å². The van der Waals surface area contributed by atoms with Gasteiger partial charge in [-0.1, -0.05) is 90.7 Å². The van der Waals surface area contributed by atoms with Crippen LogP contribution in [0, 0.1) is 5.92 Å². The van der Waals surface area contributed by atoms with E-state index in [0.717, 1.165) is 42.9 Å². The van der Waals surface area contributed by atoms with Crippen LogP contribution in [0.25, 0.3) is 11.1 Å². The Morgan fingerprint density at radius 3 is 1.97 bits per heavy atom. The van der Waals surface area contributed by atoms with Crippen molar-refractivity contribution < 1.29 is 9.47 Å². The van der Waals surface area contributed by atoms with Gasteiger partial charge in [0, 0.05) is 17.8 Å².